The Kier molecular flexibility index (Phi) is 5.25. The van der Waals surface area contributed by atoms with Crippen LogP contribution in [0.4, 0.5) is 0 Å². The van der Waals surface area contributed by atoms with Crippen molar-refractivity contribution < 1.29 is 4.79 Å². The van der Waals surface area contributed by atoms with E-state index in [0.29, 0.717) is 12.1 Å². The number of amides is 1. The van der Waals surface area contributed by atoms with Crippen molar-refractivity contribution in [3.8, 4) is 0 Å². The summed E-state index contributed by atoms with van der Waals surface area (Å²) in [7, 11) is 0. The summed E-state index contributed by atoms with van der Waals surface area (Å²) >= 11 is 1.64. The first-order valence-electron chi connectivity index (χ1n) is 9.44. The van der Waals surface area contributed by atoms with Crippen LogP contribution in [0.15, 0.2) is 52.1 Å². The van der Waals surface area contributed by atoms with Crippen molar-refractivity contribution >= 4 is 39.0 Å². The topological polar surface area (TPSA) is 68.9 Å². The predicted molar refractivity (Wildman–Crippen MR) is 113 cm³/mol. The summed E-state index contributed by atoms with van der Waals surface area (Å²) in [5, 5.41) is 13.1. The van der Waals surface area contributed by atoms with E-state index in [1.165, 1.54) is 10.2 Å². The van der Waals surface area contributed by atoms with E-state index in [9.17, 15) is 9.59 Å². The molecule has 7 heteroatoms. The van der Waals surface area contributed by atoms with Crippen molar-refractivity contribution in [2.75, 3.05) is 6.54 Å². The Morgan fingerprint density at radius 3 is 2.86 bits per heavy atom. The summed E-state index contributed by atoms with van der Waals surface area (Å²) in [4.78, 5) is 25.4. The monoisotopic (exact) mass is 394 g/mol. The smallest absolute Gasteiger partial charge is 0.291 e. The Bertz CT molecular complexity index is 1170. The van der Waals surface area contributed by atoms with Crippen molar-refractivity contribution in [3.63, 3.8) is 0 Å². The van der Waals surface area contributed by atoms with E-state index in [4.69, 9.17) is 0 Å². The maximum atomic E-state index is 13.1. The highest BCUT2D eigenvalue weighted by Crippen LogP contribution is 2.26. The summed E-state index contributed by atoms with van der Waals surface area (Å²) < 4.78 is 3.30. The molecule has 6 nitrogen and oxygen atoms in total. The van der Waals surface area contributed by atoms with E-state index in [0.717, 1.165) is 35.7 Å². The van der Waals surface area contributed by atoms with E-state index in [1.807, 2.05) is 40.3 Å². The second kappa shape index (κ2) is 7.98. The molecule has 0 saturated carbocycles. The normalized spacial score (nSPS) is 11.3. The van der Waals surface area contributed by atoms with Gasteiger partial charge < -0.3 is 9.88 Å². The van der Waals surface area contributed by atoms with Crippen LogP contribution >= 0.6 is 11.3 Å². The number of nitrogens with one attached hydrogen (secondary N) is 1. The zero-order chi connectivity index (χ0) is 19.5. The molecule has 28 heavy (non-hydrogen) atoms. The first kappa shape index (κ1) is 18.4. The summed E-state index contributed by atoms with van der Waals surface area (Å²) in [5.41, 5.74) is 2.61. The van der Waals surface area contributed by atoms with Crippen LogP contribution in [0.5, 0.6) is 0 Å². The number of hydrogen-bond donors (Lipinski definition) is 1. The number of hydrogen-bond acceptors (Lipinski definition) is 4. The fourth-order valence-corrected chi connectivity index (χ4v) is 4.24. The summed E-state index contributed by atoms with van der Waals surface area (Å²) in [6.45, 7) is 3.30. The van der Waals surface area contributed by atoms with Crippen LogP contribution in [0.2, 0.25) is 0 Å². The third-order valence-corrected chi connectivity index (χ3v) is 5.56. The first-order valence-corrected chi connectivity index (χ1v) is 10.4. The zero-order valence-electron chi connectivity index (χ0n) is 15.7. The highest BCUT2D eigenvalue weighted by Gasteiger charge is 2.16. The van der Waals surface area contributed by atoms with Crippen molar-refractivity contribution in [2.24, 2.45) is 0 Å². The van der Waals surface area contributed by atoms with Gasteiger partial charge in [0.2, 0.25) is 5.91 Å². The van der Waals surface area contributed by atoms with Gasteiger partial charge in [0.25, 0.3) is 5.56 Å². The van der Waals surface area contributed by atoms with Gasteiger partial charge in [-0.3, -0.25) is 9.59 Å². The SMILES string of the molecule is CCCn1c2ccccc2c2cnn(CC(=O)NCCc3ccsc3)c(=O)c21. The summed E-state index contributed by atoms with van der Waals surface area (Å²) in [6.07, 6.45) is 3.39. The van der Waals surface area contributed by atoms with Crippen molar-refractivity contribution in [1.82, 2.24) is 19.7 Å². The molecular weight excluding hydrogens is 372 g/mol. The minimum absolute atomic E-state index is 0.0773. The van der Waals surface area contributed by atoms with Crippen LogP contribution in [0.1, 0.15) is 18.9 Å². The Balaban J connectivity index is 1.60. The number of carbonyl (C=O) groups is 1. The van der Waals surface area contributed by atoms with Gasteiger partial charge in [-0.15, -0.1) is 0 Å². The molecule has 144 valence electrons. The third kappa shape index (κ3) is 3.45. The first-order chi connectivity index (χ1) is 13.7. The van der Waals surface area contributed by atoms with E-state index in [-0.39, 0.29) is 18.0 Å². The predicted octanol–water partition coefficient (Wildman–Crippen LogP) is 3.18. The van der Waals surface area contributed by atoms with E-state index >= 15 is 0 Å². The van der Waals surface area contributed by atoms with Gasteiger partial charge >= 0.3 is 0 Å². The molecule has 0 fully saturated rings. The largest absolute Gasteiger partial charge is 0.354 e. The average Bonchev–Trinajstić information content (AvgIpc) is 3.32. The van der Waals surface area contributed by atoms with Crippen molar-refractivity contribution in [3.05, 3.63) is 63.2 Å². The highest BCUT2D eigenvalue weighted by molar-refractivity contribution is 7.07. The number of nitrogens with zero attached hydrogens (tertiary/aromatic N) is 3. The Morgan fingerprint density at radius 1 is 1.21 bits per heavy atom. The van der Waals surface area contributed by atoms with Crippen LogP contribution in [-0.2, 0) is 24.3 Å². The molecule has 0 aliphatic carbocycles. The average molecular weight is 395 g/mol. The lowest BCUT2D eigenvalue weighted by Gasteiger charge is -2.08. The van der Waals surface area contributed by atoms with Gasteiger partial charge in [-0.1, -0.05) is 25.1 Å². The summed E-state index contributed by atoms with van der Waals surface area (Å²) in [6, 6.07) is 10.0. The minimum atomic E-state index is -0.227. The minimum Gasteiger partial charge on any atom is -0.354 e. The fourth-order valence-electron chi connectivity index (χ4n) is 3.54. The maximum Gasteiger partial charge on any atom is 0.291 e. The standard InChI is InChI=1S/C21H22N4O2S/c1-2-10-24-18-6-4-3-5-16(18)17-12-23-25(21(27)20(17)24)13-19(26)22-9-7-15-8-11-28-14-15/h3-6,8,11-12,14H,2,7,9-10,13H2,1H3,(H,22,26). The molecule has 4 aromatic rings. The molecule has 1 N–H and O–H groups in total. The molecule has 3 aromatic heterocycles. The van der Waals surface area contributed by atoms with E-state index in [1.54, 1.807) is 17.5 Å². The zero-order valence-corrected chi connectivity index (χ0v) is 16.5. The number of thiophene rings is 1. The number of aryl methyl sites for hydroxylation is 1. The Hall–Kier alpha value is -2.93. The molecule has 0 spiro atoms. The van der Waals surface area contributed by atoms with Crippen LogP contribution in [0.25, 0.3) is 21.8 Å². The van der Waals surface area contributed by atoms with E-state index in [2.05, 4.69) is 22.7 Å². The van der Waals surface area contributed by atoms with Crippen molar-refractivity contribution in [1.29, 1.82) is 0 Å². The van der Waals surface area contributed by atoms with Crippen molar-refractivity contribution in [2.45, 2.75) is 32.9 Å². The maximum absolute atomic E-state index is 13.1. The lowest BCUT2D eigenvalue weighted by Crippen LogP contribution is -2.35. The number of fused-ring (bicyclic) bond motifs is 3. The quantitative estimate of drug-likeness (QED) is 0.523. The lowest BCUT2D eigenvalue weighted by molar-refractivity contribution is -0.121. The molecule has 0 unspecified atom stereocenters. The van der Waals surface area contributed by atoms with Gasteiger partial charge in [0, 0.05) is 29.4 Å². The number of aromatic nitrogens is 3. The van der Waals surface area contributed by atoms with Gasteiger partial charge in [-0.05, 0) is 41.3 Å². The molecule has 0 bridgehead atoms. The number of carbonyl (C=O) groups excluding carboxylic acids is 1. The van der Waals surface area contributed by atoms with Crippen LogP contribution in [0, 0.1) is 0 Å². The second-order valence-electron chi connectivity index (χ2n) is 6.77. The van der Waals surface area contributed by atoms with Gasteiger partial charge in [-0.25, -0.2) is 4.68 Å². The number of benzene rings is 1. The Labute approximate surface area is 166 Å². The van der Waals surface area contributed by atoms with Gasteiger partial charge in [0.05, 0.1) is 6.20 Å². The highest BCUT2D eigenvalue weighted by atomic mass is 32.1. The molecule has 1 aromatic carbocycles. The lowest BCUT2D eigenvalue weighted by atomic mass is 10.2. The molecule has 3 heterocycles. The Morgan fingerprint density at radius 2 is 2.07 bits per heavy atom. The molecule has 1 amide bonds. The summed E-state index contributed by atoms with van der Waals surface area (Å²) in [5.74, 6) is -0.206. The molecule has 0 atom stereocenters. The number of rotatable bonds is 7. The molecule has 0 aliphatic rings. The van der Waals surface area contributed by atoms with E-state index < -0.39 is 0 Å². The molecule has 4 rings (SSSR count). The fraction of sp³-hybridized carbons (Fsp3) is 0.286. The molecular formula is C21H22N4O2S. The van der Waals surface area contributed by atoms with Crippen LogP contribution in [0.3, 0.4) is 0 Å². The van der Waals surface area contributed by atoms with Crippen LogP contribution < -0.4 is 10.9 Å². The van der Waals surface area contributed by atoms with Crippen LogP contribution in [-0.4, -0.2) is 26.8 Å². The third-order valence-electron chi connectivity index (χ3n) is 4.83. The number of para-hydroxylation sites is 1. The van der Waals surface area contributed by atoms with Gasteiger partial charge in [0.1, 0.15) is 12.1 Å². The molecule has 0 radical (unpaired) electrons. The molecule has 0 aliphatic heterocycles. The van der Waals surface area contributed by atoms with Gasteiger partial charge in [0.15, 0.2) is 0 Å². The van der Waals surface area contributed by atoms with Gasteiger partial charge in [-0.2, -0.15) is 16.4 Å². The second-order valence-corrected chi connectivity index (χ2v) is 7.55. The molecule has 0 saturated heterocycles.